The second-order valence-corrected chi connectivity index (χ2v) is 6.65. The van der Waals surface area contributed by atoms with Crippen LogP contribution in [0.25, 0.3) is 11.0 Å². The van der Waals surface area contributed by atoms with Gasteiger partial charge in [0.05, 0.1) is 35.2 Å². The molecule has 0 spiro atoms. The summed E-state index contributed by atoms with van der Waals surface area (Å²) < 4.78 is 5.34. The second-order valence-electron chi connectivity index (χ2n) is 6.65. The molecule has 0 saturated carbocycles. The third kappa shape index (κ3) is 2.79. The molecule has 1 aliphatic rings. The predicted molar refractivity (Wildman–Crippen MR) is 102 cm³/mol. The smallest absolute Gasteiger partial charge is 0.258 e. The zero-order valence-electron chi connectivity index (χ0n) is 15.2. The number of amides is 1. The van der Waals surface area contributed by atoms with Gasteiger partial charge in [-0.1, -0.05) is 6.07 Å². The number of carbonyl (C=O) groups excluding carboxylic acids is 1. The van der Waals surface area contributed by atoms with E-state index in [1.165, 1.54) is 5.56 Å². The maximum Gasteiger partial charge on any atom is 0.258 e. The highest BCUT2D eigenvalue weighted by Crippen LogP contribution is 2.32. The minimum atomic E-state index is -0.0128. The average Bonchev–Trinajstić information content (AvgIpc) is 2.67. The lowest BCUT2D eigenvalue weighted by Gasteiger charge is -2.30. The molecular weight excluding hydrogens is 326 g/mol. The van der Waals surface area contributed by atoms with Crippen molar-refractivity contribution in [3.05, 3.63) is 58.9 Å². The number of anilines is 1. The van der Waals surface area contributed by atoms with Crippen LogP contribution in [0, 0.1) is 13.8 Å². The fourth-order valence-corrected chi connectivity index (χ4v) is 3.41. The number of fused-ring (bicyclic) bond motifs is 2. The molecule has 0 unspecified atom stereocenters. The van der Waals surface area contributed by atoms with Gasteiger partial charge in [0.2, 0.25) is 0 Å². The highest BCUT2D eigenvalue weighted by molar-refractivity contribution is 6.08. The van der Waals surface area contributed by atoms with Gasteiger partial charge >= 0.3 is 0 Å². The monoisotopic (exact) mass is 347 g/mol. The largest absolute Gasteiger partial charge is 0.497 e. The first-order valence-electron chi connectivity index (χ1n) is 8.80. The molecule has 0 fully saturated rings. The molecule has 3 aromatic rings. The summed E-state index contributed by atoms with van der Waals surface area (Å²) in [5.74, 6) is 0.750. The number of methoxy groups -OCH3 is 1. The van der Waals surface area contributed by atoms with Crippen molar-refractivity contribution in [3.8, 4) is 5.75 Å². The lowest BCUT2D eigenvalue weighted by Crippen LogP contribution is -2.35. The molecule has 5 nitrogen and oxygen atoms in total. The fraction of sp³-hybridized carbons (Fsp3) is 0.286. The quantitative estimate of drug-likeness (QED) is 0.707. The van der Waals surface area contributed by atoms with Crippen LogP contribution in [-0.2, 0) is 6.42 Å². The Morgan fingerprint density at radius 2 is 1.81 bits per heavy atom. The Hall–Kier alpha value is -2.95. The van der Waals surface area contributed by atoms with Crippen molar-refractivity contribution >= 4 is 22.6 Å². The van der Waals surface area contributed by atoms with E-state index in [1.54, 1.807) is 7.11 Å². The zero-order valence-corrected chi connectivity index (χ0v) is 15.2. The van der Waals surface area contributed by atoms with Gasteiger partial charge in [-0.15, -0.1) is 0 Å². The van der Waals surface area contributed by atoms with Crippen molar-refractivity contribution in [1.82, 2.24) is 9.97 Å². The topological polar surface area (TPSA) is 55.3 Å². The number of ether oxygens (including phenoxy) is 1. The standard InChI is InChI=1S/C21H21N3O2/c1-13-14(2)23-19-11-16(7-9-18(19)22-13)21(25)24-10-4-5-15-6-8-17(26-3)12-20(15)24/h6-9,11-12H,4-5,10H2,1-3H3. The summed E-state index contributed by atoms with van der Waals surface area (Å²) in [6, 6.07) is 11.5. The van der Waals surface area contributed by atoms with Crippen LogP contribution in [0.1, 0.15) is 33.7 Å². The minimum Gasteiger partial charge on any atom is -0.497 e. The van der Waals surface area contributed by atoms with Gasteiger partial charge in [-0.2, -0.15) is 0 Å². The normalized spacial score (nSPS) is 13.6. The van der Waals surface area contributed by atoms with Crippen LogP contribution < -0.4 is 9.64 Å². The number of benzene rings is 2. The first-order valence-corrected chi connectivity index (χ1v) is 8.80. The molecule has 5 heteroatoms. The molecule has 1 aromatic heterocycles. The second kappa shape index (κ2) is 6.41. The van der Waals surface area contributed by atoms with E-state index in [4.69, 9.17) is 4.74 Å². The van der Waals surface area contributed by atoms with E-state index in [2.05, 4.69) is 9.97 Å². The van der Waals surface area contributed by atoms with Crippen molar-refractivity contribution in [2.75, 3.05) is 18.6 Å². The Balaban J connectivity index is 1.75. The van der Waals surface area contributed by atoms with Crippen molar-refractivity contribution in [2.24, 2.45) is 0 Å². The molecule has 0 aliphatic carbocycles. The van der Waals surface area contributed by atoms with Gasteiger partial charge in [-0.25, -0.2) is 9.97 Å². The highest BCUT2D eigenvalue weighted by atomic mass is 16.5. The zero-order chi connectivity index (χ0) is 18.3. The first kappa shape index (κ1) is 16.5. The Morgan fingerprint density at radius 3 is 2.58 bits per heavy atom. The molecule has 1 amide bonds. The summed E-state index contributed by atoms with van der Waals surface area (Å²) in [6.45, 7) is 4.58. The molecule has 1 aliphatic heterocycles. The molecule has 26 heavy (non-hydrogen) atoms. The molecule has 2 aromatic carbocycles. The fourth-order valence-electron chi connectivity index (χ4n) is 3.41. The maximum absolute atomic E-state index is 13.2. The Morgan fingerprint density at radius 1 is 1.04 bits per heavy atom. The number of aryl methyl sites for hydroxylation is 3. The van der Waals surface area contributed by atoms with Crippen LogP contribution in [0.3, 0.4) is 0 Å². The third-order valence-corrected chi connectivity index (χ3v) is 4.98. The Kier molecular flexibility index (Phi) is 4.07. The van der Waals surface area contributed by atoms with E-state index >= 15 is 0 Å². The van der Waals surface area contributed by atoms with Gasteiger partial charge in [-0.05, 0) is 56.5 Å². The maximum atomic E-state index is 13.2. The van der Waals surface area contributed by atoms with Gasteiger partial charge in [0, 0.05) is 18.2 Å². The first-order chi connectivity index (χ1) is 12.6. The van der Waals surface area contributed by atoms with E-state index in [-0.39, 0.29) is 5.91 Å². The van der Waals surface area contributed by atoms with Gasteiger partial charge in [0.25, 0.3) is 5.91 Å². The summed E-state index contributed by atoms with van der Waals surface area (Å²) in [4.78, 5) is 24.2. The Labute approximate surface area is 152 Å². The lowest BCUT2D eigenvalue weighted by molar-refractivity contribution is 0.0985. The third-order valence-electron chi connectivity index (χ3n) is 4.98. The van der Waals surface area contributed by atoms with E-state index in [1.807, 2.05) is 55.1 Å². The van der Waals surface area contributed by atoms with Crippen LogP contribution in [0.2, 0.25) is 0 Å². The molecule has 132 valence electrons. The number of aromatic nitrogens is 2. The number of hydrogen-bond donors (Lipinski definition) is 0. The van der Waals surface area contributed by atoms with Gasteiger partial charge in [-0.3, -0.25) is 4.79 Å². The summed E-state index contributed by atoms with van der Waals surface area (Å²) in [5.41, 5.74) is 6.10. The van der Waals surface area contributed by atoms with Crippen LogP contribution in [0.15, 0.2) is 36.4 Å². The Bertz CT molecular complexity index is 1010. The summed E-state index contributed by atoms with van der Waals surface area (Å²) in [7, 11) is 1.64. The van der Waals surface area contributed by atoms with Gasteiger partial charge in [0.15, 0.2) is 0 Å². The number of carbonyl (C=O) groups is 1. The molecule has 4 rings (SSSR count). The van der Waals surface area contributed by atoms with Gasteiger partial charge < -0.3 is 9.64 Å². The van der Waals surface area contributed by atoms with E-state index < -0.39 is 0 Å². The van der Waals surface area contributed by atoms with Crippen molar-refractivity contribution in [2.45, 2.75) is 26.7 Å². The lowest BCUT2D eigenvalue weighted by atomic mass is 10.0. The molecule has 0 N–H and O–H groups in total. The van der Waals surface area contributed by atoms with Crippen LogP contribution >= 0.6 is 0 Å². The van der Waals surface area contributed by atoms with E-state index in [0.717, 1.165) is 46.7 Å². The summed E-state index contributed by atoms with van der Waals surface area (Å²) in [6.07, 6.45) is 1.93. The van der Waals surface area contributed by atoms with Crippen molar-refractivity contribution < 1.29 is 9.53 Å². The SMILES string of the molecule is COc1ccc2c(c1)N(C(=O)c1ccc3nc(C)c(C)nc3c1)CCC2. The van der Waals surface area contributed by atoms with Crippen LogP contribution in [-0.4, -0.2) is 29.5 Å². The average molecular weight is 347 g/mol. The van der Waals surface area contributed by atoms with Crippen LogP contribution in [0.5, 0.6) is 5.75 Å². The number of nitrogens with zero attached hydrogens (tertiary/aromatic N) is 3. The number of rotatable bonds is 2. The molecule has 0 bridgehead atoms. The predicted octanol–water partition coefficient (Wildman–Crippen LogP) is 3.85. The molecular formula is C21H21N3O2. The van der Waals surface area contributed by atoms with Crippen LogP contribution in [0.4, 0.5) is 5.69 Å². The summed E-state index contributed by atoms with van der Waals surface area (Å²) in [5, 5.41) is 0. The highest BCUT2D eigenvalue weighted by Gasteiger charge is 2.24. The van der Waals surface area contributed by atoms with E-state index in [0.29, 0.717) is 12.1 Å². The van der Waals surface area contributed by atoms with Crippen molar-refractivity contribution in [1.29, 1.82) is 0 Å². The van der Waals surface area contributed by atoms with Gasteiger partial charge in [0.1, 0.15) is 5.75 Å². The molecule has 0 atom stereocenters. The summed E-state index contributed by atoms with van der Waals surface area (Å²) >= 11 is 0. The van der Waals surface area contributed by atoms with E-state index in [9.17, 15) is 4.79 Å². The molecule has 0 saturated heterocycles. The molecule has 0 radical (unpaired) electrons. The minimum absolute atomic E-state index is 0.0128. The number of hydrogen-bond acceptors (Lipinski definition) is 4. The van der Waals surface area contributed by atoms with Crippen molar-refractivity contribution in [3.63, 3.8) is 0 Å². The molecule has 2 heterocycles.